The number of carbonyl (C=O) groups excluding carboxylic acids is 1. The highest BCUT2D eigenvalue weighted by molar-refractivity contribution is 5.87. The SMILES string of the molecule is COC(=O)c1ccc(N)c(-n2ccc(C)n2)n1. The average molecular weight is 232 g/mol. The Labute approximate surface area is 98.0 Å². The van der Waals surface area contributed by atoms with E-state index in [1.165, 1.54) is 17.9 Å². The number of aryl methyl sites for hydroxylation is 1. The first kappa shape index (κ1) is 11.1. The third-order valence-electron chi connectivity index (χ3n) is 2.24. The van der Waals surface area contributed by atoms with Crippen molar-refractivity contribution < 1.29 is 9.53 Å². The Kier molecular flexibility index (Phi) is 2.78. The van der Waals surface area contributed by atoms with E-state index in [2.05, 4.69) is 14.8 Å². The molecule has 0 aliphatic carbocycles. The van der Waals surface area contributed by atoms with Crippen molar-refractivity contribution in [3.05, 3.63) is 35.8 Å². The number of carbonyl (C=O) groups is 1. The van der Waals surface area contributed by atoms with Crippen LogP contribution in [0.4, 0.5) is 5.69 Å². The number of nitrogens with zero attached hydrogens (tertiary/aromatic N) is 3. The molecule has 0 saturated carbocycles. The second-order valence-corrected chi connectivity index (χ2v) is 3.50. The number of rotatable bonds is 2. The lowest BCUT2D eigenvalue weighted by molar-refractivity contribution is 0.0594. The molecule has 0 spiro atoms. The summed E-state index contributed by atoms with van der Waals surface area (Å²) >= 11 is 0. The zero-order valence-electron chi connectivity index (χ0n) is 9.54. The van der Waals surface area contributed by atoms with Crippen LogP contribution in [-0.4, -0.2) is 27.8 Å². The molecule has 0 aromatic carbocycles. The lowest BCUT2D eigenvalue weighted by Gasteiger charge is -2.06. The van der Waals surface area contributed by atoms with Gasteiger partial charge in [0, 0.05) is 6.20 Å². The Balaban J connectivity index is 2.49. The standard InChI is InChI=1S/C11H12N4O2/c1-7-5-6-15(14-7)10-8(12)3-4-9(13-10)11(16)17-2/h3-6H,12H2,1-2H3. The summed E-state index contributed by atoms with van der Waals surface area (Å²) in [5.74, 6) is -0.0869. The number of aromatic nitrogens is 3. The lowest BCUT2D eigenvalue weighted by atomic mass is 10.3. The van der Waals surface area contributed by atoms with Gasteiger partial charge < -0.3 is 10.5 Å². The van der Waals surface area contributed by atoms with Gasteiger partial charge in [0.1, 0.15) is 0 Å². The molecule has 2 heterocycles. The van der Waals surface area contributed by atoms with Gasteiger partial charge in [-0.05, 0) is 25.1 Å². The van der Waals surface area contributed by atoms with Gasteiger partial charge in [-0.15, -0.1) is 0 Å². The zero-order chi connectivity index (χ0) is 12.4. The van der Waals surface area contributed by atoms with Gasteiger partial charge in [0.25, 0.3) is 0 Å². The molecule has 2 aromatic rings. The van der Waals surface area contributed by atoms with E-state index < -0.39 is 5.97 Å². The van der Waals surface area contributed by atoms with Crippen molar-refractivity contribution in [2.75, 3.05) is 12.8 Å². The summed E-state index contributed by atoms with van der Waals surface area (Å²) in [4.78, 5) is 15.5. The fourth-order valence-corrected chi connectivity index (χ4v) is 1.39. The number of methoxy groups -OCH3 is 1. The summed E-state index contributed by atoms with van der Waals surface area (Å²) in [6.07, 6.45) is 1.73. The van der Waals surface area contributed by atoms with Crippen LogP contribution in [0.1, 0.15) is 16.2 Å². The van der Waals surface area contributed by atoms with Crippen LogP contribution in [0.3, 0.4) is 0 Å². The van der Waals surface area contributed by atoms with Gasteiger partial charge >= 0.3 is 5.97 Å². The smallest absolute Gasteiger partial charge is 0.356 e. The third-order valence-corrected chi connectivity index (χ3v) is 2.24. The fourth-order valence-electron chi connectivity index (χ4n) is 1.39. The molecule has 0 saturated heterocycles. The monoisotopic (exact) mass is 232 g/mol. The molecule has 0 amide bonds. The molecule has 6 nitrogen and oxygen atoms in total. The molecule has 0 unspecified atom stereocenters. The summed E-state index contributed by atoms with van der Waals surface area (Å²) in [6, 6.07) is 4.94. The van der Waals surface area contributed by atoms with Gasteiger partial charge in [-0.25, -0.2) is 14.5 Å². The molecule has 17 heavy (non-hydrogen) atoms. The molecular weight excluding hydrogens is 220 g/mol. The number of hydrogen-bond acceptors (Lipinski definition) is 5. The predicted octanol–water partition coefficient (Wildman–Crippen LogP) is 0.945. The van der Waals surface area contributed by atoms with E-state index in [-0.39, 0.29) is 5.69 Å². The van der Waals surface area contributed by atoms with Gasteiger partial charge in [-0.2, -0.15) is 5.10 Å². The molecule has 2 rings (SSSR count). The number of ether oxygens (including phenoxy) is 1. The van der Waals surface area contributed by atoms with Gasteiger partial charge in [0.05, 0.1) is 18.5 Å². The maximum Gasteiger partial charge on any atom is 0.356 e. The number of hydrogen-bond donors (Lipinski definition) is 1. The van der Waals surface area contributed by atoms with Gasteiger partial charge in [0.15, 0.2) is 11.5 Å². The van der Waals surface area contributed by atoms with E-state index in [4.69, 9.17) is 5.73 Å². The lowest BCUT2D eigenvalue weighted by Crippen LogP contribution is -2.10. The molecular formula is C11H12N4O2. The first-order valence-corrected chi connectivity index (χ1v) is 4.99. The molecule has 6 heteroatoms. The Hall–Kier alpha value is -2.37. The molecule has 0 atom stereocenters. The maximum absolute atomic E-state index is 11.4. The minimum Gasteiger partial charge on any atom is -0.464 e. The minimum atomic E-state index is -0.505. The van der Waals surface area contributed by atoms with E-state index in [1.54, 1.807) is 12.3 Å². The summed E-state index contributed by atoms with van der Waals surface area (Å²) in [5, 5.41) is 4.19. The van der Waals surface area contributed by atoms with Crippen LogP contribution in [-0.2, 0) is 4.74 Å². The molecule has 0 bridgehead atoms. The zero-order valence-corrected chi connectivity index (χ0v) is 9.54. The van der Waals surface area contributed by atoms with E-state index in [1.807, 2.05) is 13.0 Å². The minimum absolute atomic E-state index is 0.199. The maximum atomic E-state index is 11.4. The summed E-state index contributed by atoms with van der Waals surface area (Å²) in [5.41, 5.74) is 7.28. The van der Waals surface area contributed by atoms with Crippen LogP contribution >= 0.6 is 0 Å². The van der Waals surface area contributed by atoms with Crippen molar-refractivity contribution >= 4 is 11.7 Å². The number of esters is 1. The van der Waals surface area contributed by atoms with Crippen molar-refractivity contribution in [3.63, 3.8) is 0 Å². The second kappa shape index (κ2) is 4.25. The number of nitrogen functional groups attached to an aromatic ring is 1. The second-order valence-electron chi connectivity index (χ2n) is 3.50. The number of pyridine rings is 1. The van der Waals surface area contributed by atoms with E-state index >= 15 is 0 Å². The first-order valence-electron chi connectivity index (χ1n) is 4.99. The number of nitrogens with two attached hydrogens (primary N) is 1. The van der Waals surface area contributed by atoms with Gasteiger partial charge in [-0.1, -0.05) is 0 Å². The molecule has 2 N–H and O–H groups in total. The van der Waals surface area contributed by atoms with Crippen LogP contribution in [0.15, 0.2) is 24.4 Å². The quantitative estimate of drug-likeness (QED) is 0.779. The van der Waals surface area contributed by atoms with Crippen molar-refractivity contribution in [2.45, 2.75) is 6.92 Å². The Morgan fingerprint density at radius 3 is 2.76 bits per heavy atom. The largest absolute Gasteiger partial charge is 0.464 e. The van der Waals surface area contributed by atoms with Crippen molar-refractivity contribution in [2.24, 2.45) is 0 Å². The molecule has 88 valence electrons. The normalized spacial score (nSPS) is 10.2. The van der Waals surface area contributed by atoms with Crippen molar-refractivity contribution in [1.82, 2.24) is 14.8 Å². The van der Waals surface area contributed by atoms with E-state index in [0.717, 1.165) is 5.69 Å². The van der Waals surface area contributed by atoms with Crippen molar-refractivity contribution in [3.8, 4) is 5.82 Å². The average Bonchev–Trinajstić information content (AvgIpc) is 2.75. The molecule has 0 aliphatic heterocycles. The first-order chi connectivity index (χ1) is 8.11. The highest BCUT2D eigenvalue weighted by Gasteiger charge is 2.12. The molecule has 2 aromatic heterocycles. The summed E-state index contributed by atoms with van der Waals surface area (Å²) < 4.78 is 6.13. The van der Waals surface area contributed by atoms with Crippen LogP contribution in [0, 0.1) is 6.92 Å². The van der Waals surface area contributed by atoms with E-state index in [0.29, 0.717) is 11.5 Å². The Bertz CT molecular complexity index is 562. The summed E-state index contributed by atoms with van der Waals surface area (Å²) in [6.45, 7) is 1.86. The third kappa shape index (κ3) is 2.10. The van der Waals surface area contributed by atoms with Gasteiger partial charge in [0.2, 0.25) is 0 Å². The van der Waals surface area contributed by atoms with Gasteiger partial charge in [-0.3, -0.25) is 0 Å². The van der Waals surface area contributed by atoms with Crippen LogP contribution in [0.5, 0.6) is 0 Å². The Morgan fingerprint density at radius 1 is 1.41 bits per heavy atom. The molecule has 0 aliphatic rings. The Morgan fingerprint density at radius 2 is 2.18 bits per heavy atom. The predicted molar refractivity (Wildman–Crippen MR) is 61.8 cm³/mol. The van der Waals surface area contributed by atoms with E-state index in [9.17, 15) is 4.79 Å². The molecule has 0 fully saturated rings. The summed E-state index contributed by atoms with van der Waals surface area (Å²) in [7, 11) is 1.30. The van der Waals surface area contributed by atoms with Crippen LogP contribution in [0.25, 0.3) is 5.82 Å². The number of anilines is 1. The topological polar surface area (TPSA) is 83.0 Å². The highest BCUT2D eigenvalue weighted by Crippen LogP contribution is 2.15. The van der Waals surface area contributed by atoms with Crippen LogP contribution in [0.2, 0.25) is 0 Å². The van der Waals surface area contributed by atoms with Crippen LogP contribution < -0.4 is 5.73 Å². The molecule has 0 radical (unpaired) electrons. The fraction of sp³-hybridized carbons (Fsp3) is 0.182. The highest BCUT2D eigenvalue weighted by atomic mass is 16.5. The van der Waals surface area contributed by atoms with Crippen molar-refractivity contribution in [1.29, 1.82) is 0 Å².